The van der Waals surface area contributed by atoms with Gasteiger partial charge in [0.2, 0.25) is 0 Å². The number of nitrogens with zero attached hydrogens (tertiary/aromatic N) is 2. The van der Waals surface area contributed by atoms with Crippen molar-refractivity contribution in [3.05, 3.63) is 41.2 Å². The molecule has 0 fully saturated rings. The van der Waals surface area contributed by atoms with Gasteiger partial charge in [0.05, 0.1) is 19.9 Å². The summed E-state index contributed by atoms with van der Waals surface area (Å²) in [6, 6.07) is 6.51. The minimum absolute atomic E-state index is 0.381. The zero-order valence-corrected chi connectivity index (χ0v) is 14.8. The molecule has 0 amide bonds. The van der Waals surface area contributed by atoms with Gasteiger partial charge in [-0.1, -0.05) is 6.07 Å². The monoisotopic (exact) mass is 329 g/mol. The van der Waals surface area contributed by atoms with E-state index < -0.39 is 0 Å². The molecule has 2 aromatic rings. The summed E-state index contributed by atoms with van der Waals surface area (Å²) in [5.41, 5.74) is 3.96. The SMILES string of the molecule is CCOc1cc(CNC2CCCc3c2cnn3CC)ccc1OC. The zero-order valence-electron chi connectivity index (χ0n) is 14.8. The quantitative estimate of drug-likeness (QED) is 0.845. The van der Waals surface area contributed by atoms with Gasteiger partial charge in [-0.25, -0.2) is 0 Å². The van der Waals surface area contributed by atoms with E-state index >= 15 is 0 Å². The van der Waals surface area contributed by atoms with Gasteiger partial charge in [0.15, 0.2) is 11.5 Å². The summed E-state index contributed by atoms with van der Waals surface area (Å²) in [6.45, 7) is 6.52. The van der Waals surface area contributed by atoms with E-state index in [2.05, 4.69) is 34.2 Å². The Labute approximate surface area is 144 Å². The number of fused-ring (bicyclic) bond motifs is 1. The molecular formula is C19H27N3O2. The molecule has 0 bridgehead atoms. The summed E-state index contributed by atoms with van der Waals surface area (Å²) in [6.07, 6.45) is 5.55. The van der Waals surface area contributed by atoms with Gasteiger partial charge in [0.25, 0.3) is 0 Å². The molecule has 1 unspecified atom stereocenters. The Morgan fingerprint density at radius 3 is 2.92 bits per heavy atom. The maximum atomic E-state index is 5.67. The van der Waals surface area contributed by atoms with Crippen molar-refractivity contribution in [2.75, 3.05) is 13.7 Å². The molecule has 0 saturated heterocycles. The molecule has 5 nitrogen and oxygen atoms in total. The van der Waals surface area contributed by atoms with Crippen molar-refractivity contribution in [1.82, 2.24) is 15.1 Å². The lowest BCUT2D eigenvalue weighted by atomic mass is 9.93. The number of rotatable bonds is 7. The average Bonchev–Trinajstić information content (AvgIpc) is 3.04. The van der Waals surface area contributed by atoms with Gasteiger partial charge in [-0.05, 0) is 50.8 Å². The standard InChI is InChI=1S/C19H27N3O2/c1-4-22-17-8-6-7-16(15(17)13-21-22)20-12-14-9-10-18(23-3)19(11-14)24-5-2/h9-11,13,16,20H,4-8,12H2,1-3H3. The van der Waals surface area contributed by atoms with E-state index in [1.165, 1.54) is 23.2 Å². The molecule has 24 heavy (non-hydrogen) atoms. The third-order valence-electron chi connectivity index (χ3n) is 4.64. The lowest BCUT2D eigenvalue weighted by Crippen LogP contribution is -2.25. The van der Waals surface area contributed by atoms with Crippen molar-refractivity contribution < 1.29 is 9.47 Å². The summed E-state index contributed by atoms with van der Waals surface area (Å²) < 4.78 is 13.1. The predicted octanol–water partition coefficient (Wildman–Crippen LogP) is 3.48. The van der Waals surface area contributed by atoms with Gasteiger partial charge in [0, 0.05) is 30.4 Å². The number of aryl methyl sites for hydroxylation is 1. The Hall–Kier alpha value is -2.01. The molecule has 1 aliphatic rings. The Morgan fingerprint density at radius 2 is 2.17 bits per heavy atom. The van der Waals surface area contributed by atoms with E-state index in [1.54, 1.807) is 7.11 Å². The maximum absolute atomic E-state index is 5.67. The van der Waals surface area contributed by atoms with E-state index in [0.717, 1.165) is 37.4 Å². The highest BCUT2D eigenvalue weighted by Crippen LogP contribution is 2.31. The molecule has 0 radical (unpaired) electrons. The van der Waals surface area contributed by atoms with Crippen LogP contribution in [0.4, 0.5) is 0 Å². The Balaban J connectivity index is 1.70. The third-order valence-corrected chi connectivity index (χ3v) is 4.64. The van der Waals surface area contributed by atoms with Crippen LogP contribution in [0.5, 0.6) is 11.5 Å². The molecule has 3 rings (SSSR count). The number of aromatic nitrogens is 2. The first-order valence-electron chi connectivity index (χ1n) is 8.84. The third kappa shape index (κ3) is 3.41. The minimum atomic E-state index is 0.381. The van der Waals surface area contributed by atoms with E-state index in [-0.39, 0.29) is 0 Å². The topological polar surface area (TPSA) is 48.3 Å². The fourth-order valence-corrected chi connectivity index (χ4v) is 3.44. The Bertz CT molecular complexity index is 681. The van der Waals surface area contributed by atoms with Gasteiger partial charge >= 0.3 is 0 Å². The summed E-state index contributed by atoms with van der Waals surface area (Å²) in [4.78, 5) is 0. The fraction of sp³-hybridized carbons (Fsp3) is 0.526. The van der Waals surface area contributed by atoms with Crippen molar-refractivity contribution in [2.45, 2.75) is 52.2 Å². The summed E-state index contributed by atoms with van der Waals surface area (Å²) in [5, 5.41) is 8.21. The highest BCUT2D eigenvalue weighted by atomic mass is 16.5. The number of benzene rings is 1. The molecule has 1 aromatic carbocycles. The number of hydrogen-bond donors (Lipinski definition) is 1. The molecule has 0 aliphatic heterocycles. The molecule has 1 heterocycles. The largest absolute Gasteiger partial charge is 0.493 e. The second-order valence-corrected chi connectivity index (χ2v) is 6.11. The van der Waals surface area contributed by atoms with Crippen LogP contribution >= 0.6 is 0 Å². The first-order valence-corrected chi connectivity index (χ1v) is 8.84. The molecule has 1 aromatic heterocycles. The molecule has 5 heteroatoms. The normalized spacial score (nSPS) is 16.7. The predicted molar refractivity (Wildman–Crippen MR) is 94.6 cm³/mol. The lowest BCUT2D eigenvalue weighted by Gasteiger charge is -2.24. The van der Waals surface area contributed by atoms with Gasteiger partial charge in [-0.3, -0.25) is 4.68 Å². The van der Waals surface area contributed by atoms with Crippen LogP contribution in [0.2, 0.25) is 0 Å². The van der Waals surface area contributed by atoms with Crippen LogP contribution < -0.4 is 14.8 Å². The van der Waals surface area contributed by atoms with Crippen molar-refractivity contribution in [1.29, 1.82) is 0 Å². The summed E-state index contributed by atoms with van der Waals surface area (Å²) >= 11 is 0. The van der Waals surface area contributed by atoms with Crippen molar-refractivity contribution >= 4 is 0 Å². The molecule has 0 spiro atoms. The average molecular weight is 329 g/mol. The fourth-order valence-electron chi connectivity index (χ4n) is 3.44. The number of methoxy groups -OCH3 is 1. The van der Waals surface area contributed by atoms with Crippen LogP contribution in [0.15, 0.2) is 24.4 Å². The van der Waals surface area contributed by atoms with Gasteiger partial charge < -0.3 is 14.8 Å². The van der Waals surface area contributed by atoms with Crippen LogP contribution in [0.3, 0.4) is 0 Å². The van der Waals surface area contributed by atoms with Crippen LogP contribution in [0.1, 0.15) is 49.6 Å². The molecule has 1 aliphatic carbocycles. The number of ether oxygens (including phenoxy) is 2. The summed E-state index contributed by atoms with van der Waals surface area (Å²) in [7, 11) is 1.67. The van der Waals surface area contributed by atoms with E-state index in [0.29, 0.717) is 12.6 Å². The first kappa shape index (κ1) is 16.8. The zero-order chi connectivity index (χ0) is 16.9. The first-order chi connectivity index (χ1) is 11.8. The van der Waals surface area contributed by atoms with Crippen LogP contribution in [-0.2, 0) is 19.5 Å². The smallest absolute Gasteiger partial charge is 0.161 e. The highest BCUT2D eigenvalue weighted by Gasteiger charge is 2.23. The molecule has 130 valence electrons. The van der Waals surface area contributed by atoms with Crippen LogP contribution in [-0.4, -0.2) is 23.5 Å². The second kappa shape index (κ2) is 7.71. The van der Waals surface area contributed by atoms with E-state index in [9.17, 15) is 0 Å². The maximum Gasteiger partial charge on any atom is 0.161 e. The number of hydrogen-bond acceptors (Lipinski definition) is 4. The lowest BCUT2D eigenvalue weighted by molar-refractivity contribution is 0.310. The van der Waals surface area contributed by atoms with Crippen LogP contribution in [0.25, 0.3) is 0 Å². The van der Waals surface area contributed by atoms with Crippen LogP contribution in [0, 0.1) is 0 Å². The van der Waals surface area contributed by atoms with Crippen molar-refractivity contribution in [3.8, 4) is 11.5 Å². The summed E-state index contributed by atoms with van der Waals surface area (Å²) in [5.74, 6) is 1.59. The molecular weight excluding hydrogens is 302 g/mol. The molecule has 1 N–H and O–H groups in total. The van der Waals surface area contributed by atoms with E-state index in [4.69, 9.17) is 9.47 Å². The van der Waals surface area contributed by atoms with E-state index in [1.807, 2.05) is 19.2 Å². The second-order valence-electron chi connectivity index (χ2n) is 6.11. The number of nitrogens with one attached hydrogen (secondary N) is 1. The van der Waals surface area contributed by atoms with Gasteiger partial charge in [0.1, 0.15) is 0 Å². The Kier molecular flexibility index (Phi) is 5.41. The van der Waals surface area contributed by atoms with Crippen molar-refractivity contribution in [3.63, 3.8) is 0 Å². The molecule has 1 atom stereocenters. The van der Waals surface area contributed by atoms with Crippen molar-refractivity contribution in [2.24, 2.45) is 0 Å². The van der Waals surface area contributed by atoms with Gasteiger partial charge in [-0.15, -0.1) is 0 Å². The molecule has 0 saturated carbocycles. The minimum Gasteiger partial charge on any atom is -0.493 e. The van der Waals surface area contributed by atoms with Gasteiger partial charge in [-0.2, -0.15) is 5.10 Å². The highest BCUT2D eigenvalue weighted by molar-refractivity contribution is 5.43. The Morgan fingerprint density at radius 1 is 1.29 bits per heavy atom.